The van der Waals surface area contributed by atoms with E-state index in [1.165, 1.54) is 6.20 Å². The van der Waals surface area contributed by atoms with E-state index in [1.807, 2.05) is 0 Å². The number of carbonyl (C=O) groups excluding carboxylic acids is 1. The molecule has 7 nitrogen and oxygen atoms in total. The fraction of sp³-hybridized carbons (Fsp3) is 0.235. The van der Waals surface area contributed by atoms with Crippen molar-refractivity contribution in [3.8, 4) is 11.1 Å². The summed E-state index contributed by atoms with van der Waals surface area (Å²) in [6.07, 6.45) is 0.296. The SMILES string of the molecule is Nc1ncc(-c2ccc3nc(NC(=O)CCCO)cn3c2)cc1C(F)(F)F. The van der Waals surface area contributed by atoms with E-state index in [0.717, 1.165) is 6.07 Å². The van der Waals surface area contributed by atoms with Gasteiger partial charge < -0.3 is 20.6 Å². The molecule has 1 amide bonds. The van der Waals surface area contributed by atoms with E-state index < -0.39 is 17.6 Å². The van der Waals surface area contributed by atoms with Gasteiger partial charge in [-0.25, -0.2) is 9.97 Å². The maximum atomic E-state index is 13.0. The predicted octanol–water partition coefficient (Wildman–Crippen LogP) is 2.71. The second kappa shape index (κ2) is 7.23. The molecule has 3 heterocycles. The second-order valence-electron chi connectivity index (χ2n) is 5.84. The van der Waals surface area contributed by atoms with Crippen molar-refractivity contribution >= 4 is 23.2 Å². The first kappa shape index (κ1) is 18.6. The fourth-order valence-electron chi connectivity index (χ4n) is 2.53. The first-order chi connectivity index (χ1) is 12.8. The molecule has 3 aromatic heterocycles. The van der Waals surface area contributed by atoms with E-state index in [2.05, 4.69) is 15.3 Å². The van der Waals surface area contributed by atoms with Crippen molar-refractivity contribution < 1.29 is 23.1 Å². The minimum absolute atomic E-state index is 0.0858. The number of amides is 1. The van der Waals surface area contributed by atoms with Gasteiger partial charge >= 0.3 is 6.18 Å². The van der Waals surface area contributed by atoms with Crippen LogP contribution in [0.15, 0.2) is 36.8 Å². The molecule has 0 aliphatic rings. The van der Waals surface area contributed by atoms with Crippen molar-refractivity contribution in [2.45, 2.75) is 19.0 Å². The van der Waals surface area contributed by atoms with Gasteiger partial charge in [0.2, 0.25) is 5.91 Å². The number of aliphatic hydroxyl groups is 1. The van der Waals surface area contributed by atoms with E-state index in [9.17, 15) is 18.0 Å². The summed E-state index contributed by atoms with van der Waals surface area (Å²) in [7, 11) is 0. The van der Waals surface area contributed by atoms with Crippen LogP contribution in [0.3, 0.4) is 0 Å². The van der Waals surface area contributed by atoms with E-state index in [0.29, 0.717) is 23.4 Å². The Hall–Kier alpha value is -3.14. The second-order valence-corrected chi connectivity index (χ2v) is 5.84. The summed E-state index contributed by atoms with van der Waals surface area (Å²) in [4.78, 5) is 19.6. The first-order valence-electron chi connectivity index (χ1n) is 8.00. The minimum Gasteiger partial charge on any atom is -0.396 e. The number of hydrogen-bond donors (Lipinski definition) is 3. The lowest BCUT2D eigenvalue weighted by atomic mass is 10.1. The van der Waals surface area contributed by atoms with Gasteiger partial charge in [-0.05, 0) is 24.6 Å². The molecule has 10 heteroatoms. The fourth-order valence-corrected chi connectivity index (χ4v) is 2.53. The van der Waals surface area contributed by atoms with Crippen LogP contribution in [-0.4, -0.2) is 32.0 Å². The Labute approximate surface area is 151 Å². The standard InChI is InChI=1S/C17H16F3N5O2/c18-17(19,20)12-6-11(7-22-16(12)21)10-3-4-14-23-13(9-25(14)8-10)24-15(27)2-1-5-26/h3-4,6-9,26H,1-2,5H2,(H2,21,22)(H,24,27). The van der Waals surface area contributed by atoms with Crippen LogP contribution in [0.1, 0.15) is 18.4 Å². The summed E-state index contributed by atoms with van der Waals surface area (Å²) in [5, 5.41) is 11.3. The molecule has 0 aromatic carbocycles. The van der Waals surface area contributed by atoms with Crippen LogP contribution >= 0.6 is 0 Å². The van der Waals surface area contributed by atoms with E-state index in [1.54, 1.807) is 28.9 Å². The van der Waals surface area contributed by atoms with Gasteiger partial charge in [0, 0.05) is 36.5 Å². The Morgan fingerprint density at radius 3 is 2.74 bits per heavy atom. The highest BCUT2D eigenvalue weighted by molar-refractivity contribution is 5.90. The van der Waals surface area contributed by atoms with Gasteiger partial charge in [-0.15, -0.1) is 0 Å². The number of alkyl halides is 3. The monoisotopic (exact) mass is 379 g/mol. The number of nitrogens with zero attached hydrogens (tertiary/aromatic N) is 3. The number of hydrogen-bond acceptors (Lipinski definition) is 5. The van der Waals surface area contributed by atoms with Crippen LogP contribution in [0, 0.1) is 0 Å². The highest BCUT2D eigenvalue weighted by atomic mass is 19.4. The third kappa shape index (κ3) is 4.17. The van der Waals surface area contributed by atoms with E-state index in [4.69, 9.17) is 10.8 Å². The van der Waals surface area contributed by atoms with Crippen molar-refractivity contribution in [1.82, 2.24) is 14.4 Å². The number of nitrogen functional groups attached to an aromatic ring is 1. The maximum absolute atomic E-state index is 13.0. The largest absolute Gasteiger partial charge is 0.419 e. The number of pyridine rings is 2. The molecule has 0 fully saturated rings. The van der Waals surface area contributed by atoms with Crippen LogP contribution in [0.2, 0.25) is 0 Å². The topological polar surface area (TPSA) is 106 Å². The van der Waals surface area contributed by atoms with Crippen LogP contribution in [0.5, 0.6) is 0 Å². The summed E-state index contributed by atoms with van der Waals surface area (Å²) in [6, 6.07) is 4.16. The molecule has 27 heavy (non-hydrogen) atoms. The highest BCUT2D eigenvalue weighted by Crippen LogP contribution is 2.35. The number of nitrogens with one attached hydrogen (secondary N) is 1. The summed E-state index contributed by atoms with van der Waals surface area (Å²) >= 11 is 0. The molecular weight excluding hydrogens is 363 g/mol. The Morgan fingerprint density at radius 1 is 1.26 bits per heavy atom. The summed E-state index contributed by atoms with van der Waals surface area (Å²) < 4.78 is 40.6. The zero-order valence-electron chi connectivity index (χ0n) is 14.0. The molecule has 0 aliphatic carbocycles. The molecule has 3 rings (SSSR count). The minimum atomic E-state index is -4.60. The molecule has 0 aliphatic heterocycles. The van der Waals surface area contributed by atoms with Gasteiger partial charge in [-0.3, -0.25) is 4.79 Å². The van der Waals surface area contributed by atoms with Gasteiger partial charge in [0.1, 0.15) is 11.5 Å². The zero-order chi connectivity index (χ0) is 19.6. The third-order valence-electron chi connectivity index (χ3n) is 3.84. The molecule has 0 saturated carbocycles. The number of rotatable bonds is 5. The lowest BCUT2D eigenvalue weighted by Crippen LogP contribution is -2.11. The number of aliphatic hydroxyl groups excluding tert-OH is 1. The van der Waals surface area contributed by atoms with Crippen LogP contribution in [0.25, 0.3) is 16.8 Å². The summed E-state index contributed by atoms with van der Waals surface area (Å²) in [6.45, 7) is -0.0858. The smallest absolute Gasteiger partial charge is 0.396 e. The van der Waals surface area contributed by atoms with Gasteiger partial charge in [0.25, 0.3) is 0 Å². The number of fused-ring (bicyclic) bond motifs is 1. The van der Waals surface area contributed by atoms with Crippen molar-refractivity contribution in [1.29, 1.82) is 0 Å². The van der Waals surface area contributed by atoms with Crippen LogP contribution < -0.4 is 11.1 Å². The van der Waals surface area contributed by atoms with Crippen LogP contribution in [-0.2, 0) is 11.0 Å². The zero-order valence-corrected chi connectivity index (χ0v) is 14.0. The molecule has 3 aromatic rings. The summed E-state index contributed by atoms with van der Waals surface area (Å²) in [5.41, 5.74) is 5.57. The average Bonchev–Trinajstić information content (AvgIpc) is 3.00. The Bertz CT molecular complexity index is 984. The molecule has 0 unspecified atom stereocenters. The predicted molar refractivity (Wildman–Crippen MR) is 92.8 cm³/mol. The maximum Gasteiger partial charge on any atom is 0.419 e. The molecule has 0 radical (unpaired) electrons. The molecular formula is C17H16F3N5O2. The molecule has 0 atom stereocenters. The number of imidazole rings is 1. The normalized spacial score (nSPS) is 11.7. The van der Waals surface area contributed by atoms with Crippen LogP contribution in [0.4, 0.5) is 24.8 Å². The highest BCUT2D eigenvalue weighted by Gasteiger charge is 2.34. The molecule has 0 saturated heterocycles. The Balaban J connectivity index is 1.90. The van der Waals surface area contributed by atoms with Crippen molar-refractivity contribution in [2.75, 3.05) is 17.7 Å². The number of halogens is 3. The molecule has 142 valence electrons. The lowest BCUT2D eigenvalue weighted by Gasteiger charge is -2.11. The van der Waals surface area contributed by atoms with Crippen molar-refractivity contribution in [3.05, 3.63) is 42.4 Å². The van der Waals surface area contributed by atoms with E-state index in [-0.39, 0.29) is 24.5 Å². The quantitative estimate of drug-likeness (QED) is 0.632. The lowest BCUT2D eigenvalue weighted by molar-refractivity contribution is -0.137. The van der Waals surface area contributed by atoms with Crippen molar-refractivity contribution in [2.24, 2.45) is 0 Å². The van der Waals surface area contributed by atoms with Gasteiger partial charge in [0.15, 0.2) is 5.82 Å². The van der Waals surface area contributed by atoms with Crippen molar-refractivity contribution in [3.63, 3.8) is 0 Å². The Morgan fingerprint density at radius 2 is 2.04 bits per heavy atom. The first-order valence-corrected chi connectivity index (χ1v) is 8.00. The van der Waals surface area contributed by atoms with Gasteiger partial charge in [-0.2, -0.15) is 13.2 Å². The number of carbonyl (C=O) groups is 1. The number of aromatic nitrogens is 3. The van der Waals surface area contributed by atoms with Gasteiger partial charge in [-0.1, -0.05) is 0 Å². The third-order valence-corrected chi connectivity index (χ3v) is 3.84. The van der Waals surface area contributed by atoms with E-state index >= 15 is 0 Å². The summed E-state index contributed by atoms with van der Waals surface area (Å²) in [5.74, 6) is -0.561. The average molecular weight is 379 g/mol. The number of nitrogens with two attached hydrogens (primary N) is 1. The molecule has 4 N–H and O–H groups in total. The number of anilines is 2. The molecule has 0 bridgehead atoms. The van der Waals surface area contributed by atoms with Gasteiger partial charge in [0.05, 0.1) is 11.8 Å². The Kier molecular flexibility index (Phi) is 5.00. The molecule has 0 spiro atoms.